The summed E-state index contributed by atoms with van der Waals surface area (Å²) in [4.78, 5) is 20.9. The predicted molar refractivity (Wildman–Crippen MR) is 86.0 cm³/mol. The zero-order valence-corrected chi connectivity index (χ0v) is 13.3. The van der Waals surface area contributed by atoms with Crippen LogP contribution in [-0.2, 0) is 13.6 Å². The van der Waals surface area contributed by atoms with Crippen LogP contribution >= 0.6 is 11.3 Å². The molecule has 0 amide bonds. The minimum absolute atomic E-state index is 0.0596. The molecule has 1 saturated heterocycles. The Morgan fingerprint density at radius 3 is 2.67 bits per heavy atom. The molecule has 3 rings (SSSR count). The smallest absolute Gasteiger partial charge is 0.250 e. The van der Waals surface area contributed by atoms with E-state index in [1.165, 1.54) is 0 Å². The first-order valence-corrected chi connectivity index (χ1v) is 8.05. The highest BCUT2D eigenvalue weighted by atomic mass is 32.1. The zero-order chi connectivity index (χ0) is 14.8. The average Bonchev–Trinajstić information content (AvgIpc) is 2.90. The van der Waals surface area contributed by atoms with E-state index in [0.717, 1.165) is 49.1 Å². The summed E-state index contributed by atoms with van der Waals surface area (Å²) in [5.74, 6) is 0. The van der Waals surface area contributed by atoms with Crippen LogP contribution in [0.25, 0.3) is 0 Å². The highest BCUT2D eigenvalue weighted by molar-refractivity contribution is 7.13. The van der Waals surface area contributed by atoms with E-state index in [2.05, 4.69) is 20.2 Å². The standard InChI is InChI=1S/C15H20N4OS/c1-12-11-21-15(16-12)19-7-5-18(6-8-19)10-13-3-4-17(2)14(20)9-13/h3-4,9,11H,5-8,10H2,1-2H3. The SMILES string of the molecule is Cc1csc(N2CCN(Cc3ccn(C)c(=O)c3)CC2)n1. The second-order valence-electron chi connectivity index (χ2n) is 5.52. The van der Waals surface area contributed by atoms with Crippen LogP contribution < -0.4 is 10.5 Å². The van der Waals surface area contributed by atoms with Gasteiger partial charge < -0.3 is 9.47 Å². The lowest BCUT2D eigenvalue weighted by Gasteiger charge is -2.34. The average molecular weight is 304 g/mol. The predicted octanol–water partition coefficient (Wildman–Crippen LogP) is 1.47. The fourth-order valence-corrected chi connectivity index (χ4v) is 3.39. The number of aromatic nitrogens is 2. The maximum atomic E-state index is 11.7. The molecule has 3 heterocycles. The third-order valence-corrected chi connectivity index (χ3v) is 4.84. The first kappa shape index (κ1) is 14.3. The molecule has 0 aliphatic carbocycles. The number of hydrogen-bond acceptors (Lipinski definition) is 5. The molecule has 0 radical (unpaired) electrons. The Morgan fingerprint density at radius 1 is 1.29 bits per heavy atom. The fourth-order valence-electron chi connectivity index (χ4n) is 2.53. The van der Waals surface area contributed by atoms with Crippen LogP contribution in [0.15, 0.2) is 28.5 Å². The number of nitrogens with zero attached hydrogens (tertiary/aromatic N) is 4. The second kappa shape index (κ2) is 5.99. The van der Waals surface area contributed by atoms with Crippen LogP contribution in [0.4, 0.5) is 5.13 Å². The first-order valence-electron chi connectivity index (χ1n) is 7.17. The summed E-state index contributed by atoms with van der Waals surface area (Å²) < 4.78 is 1.60. The van der Waals surface area contributed by atoms with E-state index < -0.39 is 0 Å². The third kappa shape index (κ3) is 3.33. The molecule has 5 nitrogen and oxygen atoms in total. The van der Waals surface area contributed by atoms with E-state index in [1.54, 1.807) is 29.0 Å². The van der Waals surface area contributed by atoms with Gasteiger partial charge in [-0.15, -0.1) is 11.3 Å². The normalized spacial score (nSPS) is 16.4. The molecule has 0 aromatic carbocycles. The highest BCUT2D eigenvalue weighted by Gasteiger charge is 2.19. The van der Waals surface area contributed by atoms with Crippen LogP contribution in [0.5, 0.6) is 0 Å². The topological polar surface area (TPSA) is 41.4 Å². The number of aryl methyl sites for hydroxylation is 2. The van der Waals surface area contributed by atoms with E-state index in [9.17, 15) is 4.79 Å². The van der Waals surface area contributed by atoms with Gasteiger partial charge in [0.05, 0.1) is 5.69 Å². The molecule has 1 aliphatic heterocycles. The molecule has 112 valence electrons. The Hall–Kier alpha value is -1.66. The fraction of sp³-hybridized carbons (Fsp3) is 0.467. The quantitative estimate of drug-likeness (QED) is 0.861. The molecule has 0 bridgehead atoms. The Labute approximate surface area is 128 Å². The number of thiazole rings is 1. The van der Waals surface area contributed by atoms with Crippen molar-refractivity contribution in [2.45, 2.75) is 13.5 Å². The zero-order valence-electron chi connectivity index (χ0n) is 12.5. The number of pyridine rings is 1. The molecule has 2 aromatic heterocycles. The Kier molecular flexibility index (Phi) is 4.07. The van der Waals surface area contributed by atoms with Gasteiger partial charge in [-0.2, -0.15) is 0 Å². The van der Waals surface area contributed by atoms with Crippen LogP contribution in [0.1, 0.15) is 11.3 Å². The third-order valence-electron chi connectivity index (χ3n) is 3.82. The number of rotatable bonds is 3. The largest absolute Gasteiger partial charge is 0.346 e. The minimum Gasteiger partial charge on any atom is -0.346 e. The molecule has 1 aliphatic rings. The molecule has 21 heavy (non-hydrogen) atoms. The highest BCUT2D eigenvalue weighted by Crippen LogP contribution is 2.21. The molecule has 0 saturated carbocycles. The summed E-state index contributed by atoms with van der Waals surface area (Å²) in [6, 6.07) is 3.76. The molecule has 1 fully saturated rings. The van der Waals surface area contributed by atoms with Gasteiger partial charge in [-0.3, -0.25) is 9.69 Å². The monoisotopic (exact) mass is 304 g/mol. The van der Waals surface area contributed by atoms with Gasteiger partial charge in [0, 0.05) is 57.4 Å². The van der Waals surface area contributed by atoms with E-state index in [-0.39, 0.29) is 5.56 Å². The van der Waals surface area contributed by atoms with Crippen molar-refractivity contribution in [3.63, 3.8) is 0 Å². The van der Waals surface area contributed by atoms with E-state index in [4.69, 9.17) is 0 Å². The van der Waals surface area contributed by atoms with Crippen LogP contribution in [0.3, 0.4) is 0 Å². The Morgan fingerprint density at radius 2 is 2.05 bits per heavy atom. The van der Waals surface area contributed by atoms with E-state index in [0.29, 0.717) is 0 Å². The van der Waals surface area contributed by atoms with Crippen molar-refractivity contribution in [3.8, 4) is 0 Å². The lowest BCUT2D eigenvalue weighted by atomic mass is 10.2. The summed E-state index contributed by atoms with van der Waals surface area (Å²) in [6.07, 6.45) is 1.84. The lowest BCUT2D eigenvalue weighted by Crippen LogP contribution is -2.46. The van der Waals surface area contributed by atoms with Crippen molar-refractivity contribution in [3.05, 3.63) is 45.3 Å². The summed E-state index contributed by atoms with van der Waals surface area (Å²) in [7, 11) is 1.78. The van der Waals surface area contributed by atoms with Crippen LogP contribution in [0.2, 0.25) is 0 Å². The molecular weight excluding hydrogens is 284 g/mol. The van der Waals surface area contributed by atoms with Crippen molar-refractivity contribution in [1.82, 2.24) is 14.5 Å². The molecule has 0 atom stereocenters. The molecular formula is C15H20N4OS. The van der Waals surface area contributed by atoms with Crippen molar-refractivity contribution in [2.75, 3.05) is 31.1 Å². The molecule has 0 N–H and O–H groups in total. The van der Waals surface area contributed by atoms with Gasteiger partial charge >= 0.3 is 0 Å². The van der Waals surface area contributed by atoms with Gasteiger partial charge in [-0.05, 0) is 18.6 Å². The Bertz CT molecular complexity index is 670. The summed E-state index contributed by atoms with van der Waals surface area (Å²) >= 11 is 1.72. The number of anilines is 1. The first-order chi connectivity index (χ1) is 10.1. The summed E-state index contributed by atoms with van der Waals surface area (Å²) in [6.45, 7) is 6.89. The minimum atomic E-state index is 0.0596. The van der Waals surface area contributed by atoms with Gasteiger partial charge in [0.15, 0.2) is 5.13 Å². The maximum Gasteiger partial charge on any atom is 0.250 e. The van der Waals surface area contributed by atoms with Gasteiger partial charge in [0.2, 0.25) is 0 Å². The molecule has 0 unspecified atom stereocenters. The molecule has 0 spiro atoms. The number of hydrogen-bond donors (Lipinski definition) is 0. The molecule has 6 heteroatoms. The van der Waals surface area contributed by atoms with Crippen molar-refractivity contribution in [2.24, 2.45) is 7.05 Å². The van der Waals surface area contributed by atoms with Crippen LogP contribution in [0, 0.1) is 6.92 Å². The van der Waals surface area contributed by atoms with Crippen molar-refractivity contribution < 1.29 is 0 Å². The van der Waals surface area contributed by atoms with Crippen molar-refractivity contribution in [1.29, 1.82) is 0 Å². The van der Waals surface area contributed by atoms with Gasteiger partial charge in [-0.1, -0.05) is 0 Å². The van der Waals surface area contributed by atoms with Gasteiger partial charge in [0.25, 0.3) is 5.56 Å². The second-order valence-corrected chi connectivity index (χ2v) is 6.36. The van der Waals surface area contributed by atoms with Gasteiger partial charge in [-0.25, -0.2) is 4.98 Å². The van der Waals surface area contributed by atoms with Crippen molar-refractivity contribution >= 4 is 16.5 Å². The summed E-state index contributed by atoms with van der Waals surface area (Å²) in [5.41, 5.74) is 2.25. The van der Waals surface area contributed by atoms with E-state index in [1.807, 2.05) is 19.2 Å². The molecule has 2 aromatic rings. The van der Waals surface area contributed by atoms with Gasteiger partial charge in [0.1, 0.15) is 0 Å². The van der Waals surface area contributed by atoms with Crippen LogP contribution in [-0.4, -0.2) is 40.6 Å². The van der Waals surface area contributed by atoms with E-state index >= 15 is 0 Å². The maximum absolute atomic E-state index is 11.7. The summed E-state index contributed by atoms with van der Waals surface area (Å²) in [5, 5.41) is 3.22. The Balaban J connectivity index is 1.58. The lowest BCUT2D eigenvalue weighted by molar-refractivity contribution is 0.249. The number of piperazine rings is 1.